The largest absolute Gasteiger partial charge is 0.494 e. The summed E-state index contributed by atoms with van der Waals surface area (Å²) in [6.07, 6.45) is 0. The molecular weight excluding hydrogens is 354 g/mol. The van der Waals surface area contributed by atoms with Crippen molar-refractivity contribution in [1.82, 2.24) is 0 Å². The molecule has 1 heterocycles. The number of carbonyl (C=O) groups is 1. The first-order valence-corrected chi connectivity index (χ1v) is 9.07. The summed E-state index contributed by atoms with van der Waals surface area (Å²) < 4.78 is 11.3. The number of nitrogens with one attached hydrogen (secondary N) is 1. The maximum atomic E-state index is 12.7. The molecule has 1 amide bonds. The van der Waals surface area contributed by atoms with Crippen LogP contribution >= 0.6 is 0 Å². The minimum atomic E-state index is -0.248. The minimum Gasteiger partial charge on any atom is -0.494 e. The second-order valence-electron chi connectivity index (χ2n) is 6.51. The van der Waals surface area contributed by atoms with Crippen LogP contribution in [-0.2, 0) is 0 Å². The number of rotatable bonds is 4. The zero-order valence-corrected chi connectivity index (χ0v) is 15.6. The molecule has 0 unspecified atom stereocenters. The molecule has 0 aliphatic rings. The van der Waals surface area contributed by atoms with Crippen LogP contribution in [0.5, 0.6) is 5.75 Å². The molecule has 0 atom stereocenters. The number of benzene rings is 3. The molecule has 140 valence electrons. The molecule has 0 saturated heterocycles. The van der Waals surface area contributed by atoms with Gasteiger partial charge in [-0.25, -0.2) is 0 Å². The first-order valence-electron chi connectivity index (χ1n) is 9.07. The third-order valence-corrected chi connectivity index (χ3v) is 4.58. The van der Waals surface area contributed by atoms with Crippen LogP contribution in [-0.4, -0.2) is 12.5 Å². The molecule has 0 fully saturated rings. The quantitative estimate of drug-likeness (QED) is 0.516. The SMILES string of the molecule is CCOc1ccc(C(=O)Nc2ccc3c(=O)c4cccc(C)c4oc3c2)cc1. The molecule has 0 radical (unpaired) electrons. The predicted molar refractivity (Wildman–Crippen MR) is 110 cm³/mol. The van der Waals surface area contributed by atoms with Gasteiger partial charge < -0.3 is 14.5 Å². The van der Waals surface area contributed by atoms with Crippen LogP contribution in [0.2, 0.25) is 0 Å². The lowest BCUT2D eigenvalue weighted by Gasteiger charge is -2.08. The van der Waals surface area contributed by atoms with E-state index in [1.165, 1.54) is 0 Å². The smallest absolute Gasteiger partial charge is 0.255 e. The Morgan fingerprint density at radius 2 is 1.82 bits per heavy atom. The van der Waals surface area contributed by atoms with E-state index in [0.717, 1.165) is 5.56 Å². The third-order valence-electron chi connectivity index (χ3n) is 4.58. The van der Waals surface area contributed by atoms with Crippen LogP contribution < -0.4 is 15.5 Å². The Balaban J connectivity index is 1.67. The highest BCUT2D eigenvalue weighted by atomic mass is 16.5. The van der Waals surface area contributed by atoms with Crippen molar-refractivity contribution in [3.63, 3.8) is 0 Å². The Kier molecular flexibility index (Phi) is 4.57. The monoisotopic (exact) mass is 373 g/mol. The lowest BCUT2D eigenvalue weighted by atomic mass is 10.1. The molecule has 0 aliphatic carbocycles. The van der Waals surface area contributed by atoms with Crippen molar-refractivity contribution < 1.29 is 13.9 Å². The van der Waals surface area contributed by atoms with E-state index in [4.69, 9.17) is 9.15 Å². The van der Waals surface area contributed by atoms with Crippen LogP contribution in [0.4, 0.5) is 5.69 Å². The highest BCUT2D eigenvalue weighted by molar-refractivity contribution is 6.05. The molecule has 5 nitrogen and oxygen atoms in total. The first kappa shape index (κ1) is 17.8. The van der Waals surface area contributed by atoms with E-state index < -0.39 is 0 Å². The summed E-state index contributed by atoms with van der Waals surface area (Å²) in [5, 5.41) is 3.88. The summed E-state index contributed by atoms with van der Waals surface area (Å²) in [6.45, 7) is 4.38. The number of para-hydroxylation sites is 1. The van der Waals surface area contributed by atoms with E-state index in [1.54, 1.807) is 48.5 Å². The van der Waals surface area contributed by atoms with Crippen LogP contribution in [0.3, 0.4) is 0 Å². The minimum absolute atomic E-state index is 0.0793. The van der Waals surface area contributed by atoms with Gasteiger partial charge in [0.05, 0.1) is 17.4 Å². The van der Waals surface area contributed by atoms with Crippen molar-refractivity contribution in [2.75, 3.05) is 11.9 Å². The number of fused-ring (bicyclic) bond motifs is 2. The Hall–Kier alpha value is -3.60. The van der Waals surface area contributed by atoms with Gasteiger partial charge in [0, 0.05) is 17.3 Å². The average molecular weight is 373 g/mol. The van der Waals surface area contributed by atoms with Crippen molar-refractivity contribution in [3.8, 4) is 5.75 Å². The zero-order chi connectivity index (χ0) is 19.7. The fraction of sp³-hybridized carbons (Fsp3) is 0.130. The molecule has 5 heteroatoms. The lowest BCUT2D eigenvalue weighted by Crippen LogP contribution is -2.12. The van der Waals surface area contributed by atoms with Gasteiger partial charge in [0.2, 0.25) is 5.43 Å². The lowest BCUT2D eigenvalue weighted by molar-refractivity contribution is 0.102. The summed E-state index contributed by atoms with van der Waals surface area (Å²) in [5.41, 5.74) is 2.89. The summed E-state index contributed by atoms with van der Waals surface area (Å²) >= 11 is 0. The van der Waals surface area contributed by atoms with Gasteiger partial charge in [0.1, 0.15) is 16.9 Å². The molecule has 1 N–H and O–H groups in total. The first-order chi connectivity index (χ1) is 13.6. The number of carbonyl (C=O) groups excluding carboxylic acids is 1. The van der Waals surface area contributed by atoms with Crippen LogP contribution in [0.25, 0.3) is 21.9 Å². The van der Waals surface area contributed by atoms with E-state index >= 15 is 0 Å². The molecule has 3 aromatic carbocycles. The van der Waals surface area contributed by atoms with Gasteiger partial charge >= 0.3 is 0 Å². The van der Waals surface area contributed by atoms with Crippen LogP contribution in [0.1, 0.15) is 22.8 Å². The standard InChI is InChI=1S/C23H19NO4/c1-3-27-17-10-7-15(8-11-17)23(26)24-16-9-12-18-20(13-16)28-22-14(2)5-4-6-19(22)21(18)25/h4-13H,3H2,1-2H3,(H,24,26). The van der Waals surface area contributed by atoms with Crippen molar-refractivity contribution in [2.24, 2.45) is 0 Å². The molecular formula is C23H19NO4. The molecule has 4 rings (SSSR count). The maximum absolute atomic E-state index is 12.7. The fourth-order valence-electron chi connectivity index (χ4n) is 3.17. The highest BCUT2D eigenvalue weighted by Gasteiger charge is 2.11. The van der Waals surface area contributed by atoms with E-state index in [1.807, 2.05) is 26.0 Å². The molecule has 1 aromatic heterocycles. The Labute approximate surface area is 161 Å². The van der Waals surface area contributed by atoms with Gasteiger partial charge in [-0.05, 0) is 61.9 Å². The summed E-state index contributed by atoms with van der Waals surface area (Å²) in [6, 6.07) is 17.5. The molecule has 0 spiro atoms. The van der Waals surface area contributed by atoms with Gasteiger partial charge in [-0.15, -0.1) is 0 Å². The number of anilines is 1. The molecule has 0 saturated carbocycles. The Morgan fingerprint density at radius 1 is 1.04 bits per heavy atom. The summed E-state index contributed by atoms with van der Waals surface area (Å²) in [7, 11) is 0. The predicted octanol–water partition coefficient (Wildman–Crippen LogP) is 4.91. The molecule has 0 bridgehead atoms. The van der Waals surface area contributed by atoms with Crippen molar-refractivity contribution >= 4 is 33.5 Å². The number of aryl methyl sites for hydroxylation is 1. The third kappa shape index (κ3) is 3.22. The topological polar surface area (TPSA) is 68.5 Å². The number of amides is 1. The average Bonchev–Trinajstić information content (AvgIpc) is 2.70. The second-order valence-corrected chi connectivity index (χ2v) is 6.51. The van der Waals surface area contributed by atoms with Gasteiger partial charge in [-0.2, -0.15) is 0 Å². The molecule has 28 heavy (non-hydrogen) atoms. The second kappa shape index (κ2) is 7.19. The van der Waals surface area contributed by atoms with E-state index in [0.29, 0.717) is 45.5 Å². The molecule has 4 aromatic rings. The number of ether oxygens (including phenoxy) is 1. The Morgan fingerprint density at radius 3 is 2.57 bits per heavy atom. The highest BCUT2D eigenvalue weighted by Crippen LogP contribution is 2.24. The van der Waals surface area contributed by atoms with Gasteiger partial charge in [-0.1, -0.05) is 12.1 Å². The zero-order valence-electron chi connectivity index (χ0n) is 15.6. The van der Waals surface area contributed by atoms with Crippen molar-refractivity contribution in [1.29, 1.82) is 0 Å². The summed E-state index contributed by atoms with van der Waals surface area (Å²) in [4.78, 5) is 25.2. The Bertz CT molecular complexity index is 1240. The normalized spacial score (nSPS) is 10.9. The van der Waals surface area contributed by atoms with Crippen molar-refractivity contribution in [2.45, 2.75) is 13.8 Å². The summed E-state index contributed by atoms with van der Waals surface area (Å²) in [5.74, 6) is 0.468. The van der Waals surface area contributed by atoms with Gasteiger partial charge in [-0.3, -0.25) is 9.59 Å². The van der Waals surface area contributed by atoms with Crippen LogP contribution in [0.15, 0.2) is 69.9 Å². The van der Waals surface area contributed by atoms with E-state index in [-0.39, 0.29) is 11.3 Å². The van der Waals surface area contributed by atoms with Crippen LogP contribution in [0, 0.1) is 6.92 Å². The molecule has 0 aliphatic heterocycles. The number of hydrogen-bond donors (Lipinski definition) is 1. The van der Waals surface area contributed by atoms with Crippen molar-refractivity contribution in [3.05, 3.63) is 82.0 Å². The van der Waals surface area contributed by atoms with Gasteiger partial charge in [0.25, 0.3) is 5.91 Å². The van der Waals surface area contributed by atoms with E-state index in [2.05, 4.69) is 5.32 Å². The van der Waals surface area contributed by atoms with Gasteiger partial charge in [0.15, 0.2) is 0 Å². The van der Waals surface area contributed by atoms with E-state index in [9.17, 15) is 9.59 Å². The maximum Gasteiger partial charge on any atom is 0.255 e. The fourth-order valence-corrected chi connectivity index (χ4v) is 3.17. The number of hydrogen-bond acceptors (Lipinski definition) is 4.